The lowest BCUT2D eigenvalue weighted by atomic mass is 9.82. The van der Waals surface area contributed by atoms with Gasteiger partial charge in [0.15, 0.2) is 0 Å². The largest absolute Gasteiger partial charge is 0.465 e. The molecule has 9 nitrogen and oxygen atoms in total. The van der Waals surface area contributed by atoms with Gasteiger partial charge in [0, 0.05) is 13.6 Å². The molecule has 0 saturated carbocycles. The summed E-state index contributed by atoms with van der Waals surface area (Å²) in [6, 6.07) is 0. The summed E-state index contributed by atoms with van der Waals surface area (Å²) in [4.78, 5) is 11.9. The van der Waals surface area contributed by atoms with E-state index in [0.29, 0.717) is 12.8 Å². The first-order chi connectivity index (χ1) is 9.67. The number of ether oxygens (including phenoxy) is 1. The molecule has 0 spiro atoms. The summed E-state index contributed by atoms with van der Waals surface area (Å²) in [6.45, 7) is 1.45. The van der Waals surface area contributed by atoms with E-state index in [1.165, 1.54) is 7.05 Å². The minimum Gasteiger partial charge on any atom is -0.465 e. The molecule has 132 valence electrons. The molecular formula is C10H25BClN3O6S. The molecule has 0 heterocycles. The van der Waals surface area contributed by atoms with Crippen LogP contribution >= 0.6 is 12.4 Å². The van der Waals surface area contributed by atoms with Crippen molar-refractivity contribution in [1.29, 1.82) is 0 Å². The Morgan fingerprint density at radius 1 is 1.36 bits per heavy atom. The van der Waals surface area contributed by atoms with Gasteiger partial charge in [-0.2, -0.15) is 13.1 Å². The molecule has 0 radical (unpaired) electrons. The summed E-state index contributed by atoms with van der Waals surface area (Å²) in [5.41, 5.74) is 4.45. The van der Waals surface area contributed by atoms with Crippen molar-refractivity contribution in [3.63, 3.8) is 0 Å². The van der Waals surface area contributed by atoms with E-state index in [0.717, 1.165) is 0 Å². The molecule has 0 saturated heterocycles. The molecule has 1 unspecified atom stereocenters. The van der Waals surface area contributed by atoms with Crippen molar-refractivity contribution in [3.05, 3.63) is 0 Å². The standard InChI is InChI=1S/C10H24BN3O6S.ClH/c1-3-20-9(15)10(12,6-4-5-7-11(16)17)8-14-21(18,19)13-2;/h13-14,16-17H,3-8,12H2,1-2H3;1H. The van der Waals surface area contributed by atoms with Crippen molar-refractivity contribution in [3.8, 4) is 0 Å². The lowest BCUT2D eigenvalue weighted by molar-refractivity contribution is -0.149. The third kappa shape index (κ3) is 9.56. The number of esters is 1. The van der Waals surface area contributed by atoms with Gasteiger partial charge in [-0.05, 0) is 19.7 Å². The van der Waals surface area contributed by atoms with Gasteiger partial charge in [0.1, 0.15) is 5.54 Å². The number of nitrogens with two attached hydrogens (primary N) is 1. The number of carbonyl (C=O) groups excluding carboxylic acids is 1. The highest BCUT2D eigenvalue weighted by Crippen LogP contribution is 2.15. The Kier molecular flexibility index (Phi) is 12.1. The smallest absolute Gasteiger partial charge is 0.451 e. The molecule has 0 aromatic carbocycles. The van der Waals surface area contributed by atoms with Gasteiger partial charge in [0.25, 0.3) is 10.2 Å². The molecule has 0 aromatic heterocycles. The zero-order valence-electron chi connectivity index (χ0n) is 12.7. The van der Waals surface area contributed by atoms with E-state index in [1.54, 1.807) is 6.92 Å². The van der Waals surface area contributed by atoms with Crippen molar-refractivity contribution >= 4 is 35.7 Å². The summed E-state index contributed by atoms with van der Waals surface area (Å²) in [5.74, 6) is -0.701. The highest BCUT2D eigenvalue weighted by molar-refractivity contribution is 7.87. The Bertz CT molecular complexity index is 425. The average Bonchev–Trinajstić information content (AvgIpc) is 2.41. The maximum Gasteiger partial charge on any atom is 0.451 e. The summed E-state index contributed by atoms with van der Waals surface area (Å²) in [5, 5.41) is 17.5. The molecule has 6 N–H and O–H groups in total. The summed E-state index contributed by atoms with van der Waals surface area (Å²) in [7, 11) is -3.90. The van der Waals surface area contributed by atoms with E-state index in [-0.39, 0.29) is 38.3 Å². The van der Waals surface area contributed by atoms with E-state index < -0.39 is 28.8 Å². The first kappa shape index (κ1) is 23.8. The van der Waals surface area contributed by atoms with Gasteiger partial charge in [-0.3, -0.25) is 4.79 Å². The highest BCUT2D eigenvalue weighted by Gasteiger charge is 2.36. The van der Waals surface area contributed by atoms with Gasteiger partial charge in [0.2, 0.25) is 0 Å². The third-order valence-corrected chi connectivity index (χ3v) is 3.93. The predicted octanol–water partition coefficient (Wildman–Crippen LogP) is -1.63. The fourth-order valence-electron chi connectivity index (χ4n) is 1.60. The van der Waals surface area contributed by atoms with E-state index >= 15 is 0 Å². The topological polar surface area (TPSA) is 151 Å². The summed E-state index contributed by atoms with van der Waals surface area (Å²) < 4.78 is 31.8. The number of hydrogen-bond acceptors (Lipinski definition) is 7. The molecule has 12 heteroatoms. The monoisotopic (exact) mass is 361 g/mol. The Morgan fingerprint density at radius 2 is 1.95 bits per heavy atom. The quantitative estimate of drug-likeness (QED) is 0.168. The zero-order chi connectivity index (χ0) is 16.5. The highest BCUT2D eigenvalue weighted by atomic mass is 35.5. The molecule has 0 aromatic rings. The fraction of sp³-hybridized carbons (Fsp3) is 0.900. The van der Waals surface area contributed by atoms with Crippen LogP contribution in [0.2, 0.25) is 6.32 Å². The van der Waals surface area contributed by atoms with Crippen molar-refractivity contribution in [2.24, 2.45) is 5.73 Å². The van der Waals surface area contributed by atoms with Crippen LogP contribution in [0.3, 0.4) is 0 Å². The van der Waals surface area contributed by atoms with E-state index in [2.05, 4.69) is 9.44 Å². The normalized spacial score (nSPS) is 13.9. The molecular weight excluding hydrogens is 336 g/mol. The second-order valence-electron chi connectivity index (χ2n) is 4.63. The lowest BCUT2D eigenvalue weighted by Crippen LogP contribution is -2.57. The average molecular weight is 362 g/mol. The first-order valence-corrected chi connectivity index (χ1v) is 8.15. The molecule has 1 atom stereocenters. The van der Waals surface area contributed by atoms with Crippen LogP contribution in [0, 0.1) is 0 Å². The van der Waals surface area contributed by atoms with Gasteiger partial charge in [-0.15, -0.1) is 12.4 Å². The van der Waals surface area contributed by atoms with Crippen molar-refractivity contribution < 1.29 is 28.0 Å². The molecule has 0 rings (SSSR count). The number of rotatable bonds is 11. The fourth-order valence-corrected chi connectivity index (χ4v) is 2.19. The van der Waals surface area contributed by atoms with Crippen LogP contribution in [0.5, 0.6) is 0 Å². The van der Waals surface area contributed by atoms with Crippen LogP contribution in [0.15, 0.2) is 0 Å². The van der Waals surface area contributed by atoms with E-state index in [9.17, 15) is 13.2 Å². The van der Waals surface area contributed by atoms with Crippen molar-refractivity contribution in [1.82, 2.24) is 9.44 Å². The van der Waals surface area contributed by atoms with Crippen LogP contribution in [0.1, 0.15) is 26.2 Å². The van der Waals surface area contributed by atoms with Crippen molar-refractivity contribution in [2.45, 2.75) is 38.0 Å². The summed E-state index contributed by atoms with van der Waals surface area (Å²) in [6.07, 6.45) is 1.18. The SMILES string of the molecule is CCOC(=O)C(N)(CCCCB(O)O)CNS(=O)(=O)NC.Cl. The first-order valence-electron chi connectivity index (χ1n) is 6.67. The van der Waals surface area contributed by atoms with Gasteiger partial charge >= 0.3 is 13.1 Å². The van der Waals surface area contributed by atoms with E-state index in [4.69, 9.17) is 20.5 Å². The molecule has 0 fully saturated rings. The minimum atomic E-state index is -3.71. The number of nitrogens with one attached hydrogen (secondary N) is 2. The van der Waals surface area contributed by atoms with Gasteiger partial charge < -0.3 is 20.5 Å². The van der Waals surface area contributed by atoms with E-state index in [1.807, 2.05) is 0 Å². The Morgan fingerprint density at radius 3 is 2.41 bits per heavy atom. The van der Waals surface area contributed by atoms with Crippen LogP contribution in [0.25, 0.3) is 0 Å². The second-order valence-corrected chi connectivity index (χ2v) is 6.34. The lowest BCUT2D eigenvalue weighted by Gasteiger charge is -2.27. The third-order valence-electron chi connectivity index (χ3n) is 2.86. The van der Waals surface area contributed by atoms with Crippen LogP contribution in [-0.2, 0) is 19.7 Å². The predicted molar refractivity (Wildman–Crippen MR) is 85.6 cm³/mol. The maximum absolute atomic E-state index is 11.9. The number of carbonyl (C=O) groups is 1. The van der Waals surface area contributed by atoms with Gasteiger partial charge in [-0.25, -0.2) is 4.72 Å². The molecule has 0 aliphatic carbocycles. The zero-order valence-corrected chi connectivity index (χ0v) is 14.4. The number of halogens is 1. The molecule has 0 amide bonds. The number of hydrogen-bond donors (Lipinski definition) is 5. The Hall–Kier alpha value is -0.425. The molecule has 0 aliphatic rings. The number of unbranched alkanes of at least 4 members (excludes halogenated alkanes) is 1. The Balaban J connectivity index is 0. The van der Waals surface area contributed by atoms with Crippen LogP contribution in [0.4, 0.5) is 0 Å². The maximum atomic E-state index is 11.9. The second kappa shape index (κ2) is 11.2. The summed E-state index contributed by atoms with van der Waals surface area (Å²) >= 11 is 0. The molecule has 22 heavy (non-hydrogen) atoms. The Labute approximate surface area is 137 Å². The van der Waals surface area contributed by atoms with Crippen molar-refractivity contribution in [2.75, 3.05) is 20.2 Å². The molecule has 0 bridgehead atoms. The van der Waals surface area contributed by atoms with Crippen LogP contribution in [-0.4, -0.2) is 57.3 Å². The van der Waals surface area contributed by atoms with Gasteiger partial charge in [-0.1, -0.05) is 12.8 Å². The minimum absolute atomic E-state index is 0. The van der Waals surface area contributed by atoms with Crippen LogP contribution < -0.4 is 15.2 Å². The van der Waals surface area contributed by atoms with Gasteiger partial charge in [0.05, 0.1) is 6.61 Å². The molecule has 0 aliphatic heterocycles.